The van der Waals surface area contributed by atoms with Crippen LogP contribution in [0.4, 0.5) is 0 Å². The van der Waals surface area contributed by atoms with Crippen molar-refractivity contribution in [3.05, 3.63) is 17.5 Å². The lowest BCUT2D eigenvalue weighted by atomic mass is 10.4. The van der Waals surface area contributed by atoms with E-state index in [1.165, 1.54) is 11.8 Å². The van der Waals surface area contributed by atoms with Gasteiger partial charge in [0.05, 0.1) is 5.75 Å². The Morgan fingerprint density at radius 3 is 2.38 bits per heavy atom. The summed E-state index contributed by atoms with van der Waals surface area (Å²) in [5.74, 6) is 0.593. The molecule has 0 saturated heterocycles. The van der Waals surface area contributed by atoms with E-state index in [9.17, 15) is 4.79 Å². The van der Waals surface area contributed by atoms with E-state index in [1.807, 2.05) is 19.9 Å². The van der Waals surface area contributed by atoms with Gasteiger partial charge < -0.3 is 0 Å². The van der Waals surface area contributed by atoms with Crippen LogP contribution in [-0.2, 0) is 4.79 Å². The Balaban J connectivity index is 2.71. The maximum absolute atomic E-state index is 10.7. The molecule has 0 aromatic carbocycles. The summed E-state index contributed by atoms with van der Waals surface area (Å²) in [4.78, 5) is 19.1. The van der Waals surface area contributed by atoms with Crippen LogP contribution in [0.15, 0.2) is 11.2 Å². The molecule has 0 aliphatic heterocycles. The minimum absolute atomic E-state index is 0.146. The van der Waals surface area contributed by atoms with Crippen LogP contribution in [0.3, 0.4) is 0 Å². The van der Waals surface area contributed by atoms with E-state index < -0.39 is 0 Å². The van der Waals surface area contributed by atoms with Crippen molar-refractivity contribution in [3.63, 3.8) is 0 Å². The Hall–Kier alpha value is -0.900. The Labute approximate surface area is 82.0 Å². The first-order valence-electron chi connectivity index (χ1n) is 4.02. The molecule has 4 heteroatoms. The molecule has 1 aromatic rings. The standard InChI is InChI=1S/C9H12N2OS/c1-6-4-7(2)11-9(10-6)13-5-8(3)12/h4H,5H2,1-3H3. The summed E-state index contributed by atoms with van der Waals surface area (Å²) >= 11 is 1.39. The molecule has 0 amide bonds. The second-order valence-electron chi connectivity index (χ2n) is 2.92. The van der Waals surface area contributed by atoms with Gasteiger partial charge in [-0.2, -0.15) is 0 Å². The van der Waals surface area contributed by atoms with E-state index >= 15 is 0 Å². The van der Waals surface area contributed by atoms with E-state index in [1.54, 1.807) is 6.92 Å². The van der Waals surface area contributed by atoms with Gasteiger partial charge in [0.25, 0.3) is 0 Å². The van der Waals surface area contributed by atoms with Gasteiger partial charge in [-0.3, -0.25) is 4.79 Å². The van der Waals surface area contributed by atoms with E-state index in [0.29, 0.717) is 10.9 Å². The Morgan fingerprint density at radius 2 is 1.92 bits per heavy atom. The minimum Gasteiger partial charge on any atom is -0.299 e. The van der Waals surface area contributed by atoms with Crippen LogP contribution >= 0.6 is 11.8 Å². The average molecular weight is 196 g/mol. The van der Waals surface area contributed by atoms with Gasteiger partial charge in [-0.1, -0.05) is 11.8 Å². The number of hydrogen-bond acceptors (Lipinski definition) is 4. The van der Waals surface area contributed by atoms with E-state index in [-0.39, 0.29) is 5.78 Å². The van der Waals surface area contributed by atoms with Crippen molar-refractivity contribution < 1.29 is 4.79 Å². The third-order valence-electron chi connectivity index (χ3n) is 1.37. The number of hydrogen-bond donors (Lipinski definition) is 0. The van der Waals surface area contributed by atoms with Gasteiger partial charge in [0.1, 0.15) is 5.78 Å². The Kier molecular flexibility index (Phi) is 3.42. The zero-order chi connectivity index (χ0) is 9.84. The maximum Gasteiger partial charge on any atom is 0.188 e. The molecule has 0 aliphatic carbocycles. The molecule has 3 nitrogen and oxygen atoms in total. The van der Waals surface area contributed by atoms with Crippen LogP contribution in [0, 0.1) is 13.8 Å². The lowest BCUT2D eigenvalue weighted by molar-refractivity contribution is -0.114. The molecular weight excluding hydrogens is 184 g/mol. The first-order valence-corrected chi connectivity index (χ1v) is 5.01. The summed E-state index contributed by atoms with van der Waals surface area (Å²) in [6, 6.07) is 1.91. The van der Waals surface area contributed by atoms with Gasteiger partial charge in [0, 0.05) is 11.4 Å². The molecule has 13 heavy (non-hydrogen) atoms. The van der Waals surface area contributed by atoms with Crippen molar-refractivity contribution in [2.45, 2.75) is 25.9 Å². The van der Waals surface area contributed by atoms with Crippen molar-refractivity contribution >= 4 is 17.5 Å². The second-order valence-corrected chi connectivity index (χ2v) is 3.87. The molecule has 0 fully saturated rings. The maximum atomic E-state index is 10.7. The lowest BCUT2D eigenvalue weighted by Gasteiger charge is -2.00. The van der Waals surface area contributed by atoms with Crippen molar-refractivity contribution in [1.29, 1.82) is 0 Å². The first kappa shape index (κ1) is 10.2. The third kappa shape index (κ3) is 3.55. The fraction of sp³-hybridized carbons (Fsp3) is 0.444. The van der Waals surface area contributed by atoms with Crippen LogP contribution in [0.25, 0.3) is 0 Å². The van der Waals surface area contributed by atoms with E-state index in [0.717, 1.165) is 11.4 Å². The molecule has 0 unspecified atom stereocenters. The van der Waals surface area contributed by atoms with Gasteiger partial charge >= 0.3 is 0 Å². The fourth-order valence-corrected chi connectivity index (χ4v) is 1.67. The minimum atomic E-state index is 0.146. The number of rotatable bonds is 3. The second kappa shape index (κ2) is 4.37. The zero-order valence-corrected chi connectivity index (χ0v) is 8.81. The van der Waals surface area contributed by atoms with Gasteiger partial charge in [0.15, 0.2) is 5.16 Å². The van der Waals surface area contributed by atoms with Crippen LogP contribution in [0.1, 0.15) is 18.3 Å². The van der Waals surface area contributed by atoms with Crippen LogP contribution in [0.5, 0.6) is 0 Å². The fourth-order valence-electron chi connectivity index (χ4n) is 0.924. The molecule has 0 radical (unpaired) electrons. The highest BCUT2D eigenvalue weighted by Crippen LogP contribution is 2.13. The number of nitrogens with zero attached hydrogens (tertiary/aromatic N) is 2. The van der Waals surface area contributed by atoms with Gasteiger partial charge in [-0.05, 0) is 26.8 Å². The van der Waals surface area contributed by atoms with Crippen molar-refractivity contribution in [2.24, 2.45) is 0 Å². The smallest absolute Gasteiger partial charge is 0.188 e. The third-order valence-corrected chi connectivity index (χ3v) is 2.36. The molecule has 0 spiro atoms. The number of aryl methyl sites for hydroxylation is 2. The Morgan fingerprint density at radius 1 is 1.38 bits per heavy atom. The highest BCUT2D eigenvalue weighted by atomic mass is 32.2. The van der Waals surface area contributed by atoms with Gasteiger partial charge in [0.2, 0.25) is 0 Å². The SMILES string of the molecule is CC(=O)CSc1nc(C)cc(C)n1. The number of thioether (sulfide) groups is 1. The van der Waals surface area contributed by atoms with Crippen LogP contribution < -0.4 is 0 Å². The summed E-state index contributed by atoms with van der Waals surface area (Å²) in [7, 11) is 0. The molecule has 1 rings (SSSR count). The molecule has 0 bridgehead atoms. The Bertz CT molecular complexity index is 305. The molecule has 0 N–H and O–H groups in total. The van der Waals surface area contributed by atoms with E-state index in [4.69, 9.17) is 0 Å². The molecule has 0 saturated carbocycles. The van der Waals surface area contributed by atoms with Gasteiger partial charge in [-0.25, -0.2) is 9.97 Å². The van der Waals surface area contributed by atoms with Crippen molar-refractivity contribution in [1.82, 2.24) is 9.97 Å². The number of carbonyl (C=O) groups is 1. The summed E-state index contributed by atoms with van der Waals surface area (Å²) in [6.45, 7) is 5.41. The predicted octanol–water partition coefficient (Wildman–Crippen LogP) is 1.77. The number of ketones is 1. The summed E-state index contributed by atoms with van der Waals surface area (Å²) in [5, 5.41) is 0.688. The normalized spacial score (nSPS) is 10.1. The molecule has 70 valence electrons. The summed E-state index contributed by atoms with van der Waals surface area (Å²) < 4.78 is 0. The van der Waals surface area contributed by atoms with Crippen molar-refractivity contribution in [2.75, 3.05) is 5.75 Å². The molecule has 1 aromatic heterocycles. The van der Waals surface area contributed by atoms with Crippen LogP contribution in [-0.4, -0.2) is 21.5 Å². The zero-order valence-electron chi connectivity index (χ0n) is 8.00. The topological polar surface area (TPSA) is 42.9 Å². The predicted molar refractivity (Wildman–Crippen MR) is 52.9 cm³/mol. The summed E-state index contributed by atoms with van der Waals surface area (Å²) in [5.41, 5.74) is 1.89. The monoisotopic (exact) mass is 196 g/mol. The quantitative estimate of drug-likeness (QED) is 0.546. The van der Waals surface area contributed by atoms with E-state index in [2.05, 4.69) is 9.97 Å². The highest BCUT2D eigenvalue weighted by molar-refractivity contribution is 7.99. The summed E-state index contributed by atoms with van der Waals surface area (Å²) in [6.07, 6.45) is 0. The molecule has 1 heterocycles. The molecular formula is C9H12N2OS. The number of Topliss-reactive ketones (excluding diaryl/α,β-unsaturated/α-hetero) is 1. The molecule has 0 aliphatic rings. The average Bonchev–Trinajstić information content (AvgIpc) is 1.99. The largest absolute Gasteiger partial charge is 0.299 e. The highest BCUT2D eigenvalue weighted by Gasteiger charge is 2.01. The number of carbonyl (C=O) groups excluding carboxylic acids is 1. The lowest BCUT2D eigenvalue weighted by Crippen LogP contribution is -1.97. The van der Waals surface area contributed by atoms with Gasteiger partial charge in [-0.15, -0.1) is 0 Å². The number of aromatic nitrogens is 2. The van der Waals surface area contributed by atoms with Crippen molar-refractivity contribution in [3.8, 4) is 0 Å². The molecule has 0 atom stereocenters. The first-order chi connectivity index (χ1) is 6.08. The van der Waals surface area contributed by atoms with Crippen LogP contribution in [0.2, 0.25) is 0 Å².